The number of aromatic nitrogens is 3. The van der Waals surface area contributed by atoms with Gasteiger partial charge in [0.05, 0.1) is 17.8 Å². The molecule has 0 amide bonds. The zero-order valence-corrected chi connectivity index (χ0v) is 15.3. The minimum atomic E-state index is -0.0137. The molecular weight excluding hydrogens is 360 g/mol. The molecule has 28 heavy (non-hydrogen) atoms. The standard InChI is InChI=1S/C20H20N4O4/c1-2-17-18(27-8-7-26-17)9-13(1)15-10-16-19(23-4-3-22-16)20(24-15)28-12-14-11-21-5-6-25-14/h1-4,9-10,14,21H,5-8,11-12H2/t14-/m0/s1. The molecular formula is C20H20N4O4. The van der Waals surface area contributed by atoms with Crippen molar-refractivity contribution in [1.29, 1.82) is 0 Å². The van der Waals surface area contributed by atoms with Gasteiger partial charge in [-0.25, -0.2) is 9.97 Å². The maximum Gasteiger partial charge on any atom is 0.242 e. The fraction of sp³-hybridized carbons (Fsp3) is 0.350. The van der Waals surface area contributed by atoms with Gasteiger partial charge in [-0.2, -0.15) is 0 Å². The third kappa shape index (κ3) is 3.44. The van der Waals surface area contributed by atoms with Gasteiger partial charge in [0.25, 0.3) is 0 Å². The van der Waals surface area contributed by atoms with E-state index in [1.807, 2.05) is 24.3 Å². The normalized spacial score (nSPS) is 18.8. The fourth-order valence-electron chi connectivity index (χ4n) is 3.29. The summed E-state index contributed by atoms with van der Waals surface area (Å²) in [5.74, 6) is 1.91. The maximum absolute atomic E-state index is 6.00. The third-order valence-electron chi connectivity index (χ3n) is 4.67. The van der Waals surface area contributed by atoms with Crippen molar-refractivity contribution in [1.82, 2.24) is 20.3 Å². The van der Waals surface area contributed by atoms with Crippen LogP contribution in [0.25, 0.3) is 22.3 Å². The Bertz CT molecular complexity index is 991. The molecule has 2 aliphatic heterocycles. The maximum atomic E-state index is 6.00. The number of benzene rings is 1. The van der Waals surface area contributed by atoms with Crippen molar-refractivity contribution in [2.75, 3.05) is 39.5 Å². The van der Waals surface area contributed by atoms with Gasteiger partial charge in [0, 0.05) is 31.0 Å². The Labute approximate surface area is 161 Å². The van der Waals surface area contributed by atoms with Crippen LogP contribution in [0.4, 0.5) is 0 Å². The van der Waals surface area contributed by atoms with Gasteiger partial charge in [0.15, 0.2) is 17.0 Å². The van der Waals surface area contributed by atoms with Crippen LogP contribution in [0.5, 0.6) is 17.4 Å². The highest BCUT2D eigenvalue weighted by molar-refractivity contribution is 5.83. The number of fused-ring (bicyclic) bond motifs is 2. The van der Waals surface area contributed by atoms with Crippen LogP contribution in [-0.2, 0) is 4.74 Å². The van der Waals surface area contributed by atoms with Crippen LogP contribution in [-0.4, -0.2) is 60.6 Å². The fourth-order valence-corrected chi connectivity index (χ4v) is 3.29. The Morgan fingerprint density at radius 3 is 2.82 bits per heavy atom. The lowest BCUT2D eigenvalue weighted by molar-refractivity contribution is -0.000407. The van der Waals surface area contributed by atoms with Gasteiger partial charge in [-0.1, -0.05) is 0 Å². The SMILES string of the molecule is c1cnc2c(OC[C@@H]3CNCCO3)nc(-c3ccc4c(c3)OCCO4)cc2n1. The minimum Gasteiger partial charge on any atom is -0.486 e. The van der Waals surface area contributed by atoms with Gasteiger partial charge in [-0.15, -0.1) is 0 Å². The van der Waals surface area contributed by atoms with E-state index in [-0.39, 0.29) is 6.10 Å². The quantitative estimate of drug-likeness (QED) is 0.734. The van der Waals surface area contributed by atoms with E-state index in [4.69, 9.17) is 23.9 Å². The molecule has 3 aromatic rings. The first kappa shape index (κ1) is 17.2. The molecule has 1 fully saturated rings. The summed E-state index contributed by atoms with van der Waals surface area (Å²) >= 11 is 0. The second kappa shape index (κ2) is 7.57. The number of nitrogens with one attached hydrogen (secondary N) is 1. The van der Waals surface area contributed by atoms with E-state index in [0.717, 1.165) is 35.6 Å². The number of hydrogen-bond acceptors (Lipinski definition) is 8. The molecule has 2 aromatic heterocycles. The van der Waals surface area contributed by atoms with Gasteiger partial charge in [-0.3, -0.25) is 4.98 Å². The van der Waals surface area contributed by atoms with Crippen LogP contribution in [0.1, 0.15) is 0 Å². The molecule has 0 bridgehead atoms. The Kier molecular flexibility index (Phi) is 4.64. The van der Waals surface area contributed by atoms with Crippen LogP contribution in [0, 0.1) is 0 Å². The largest absolute Gasteiger partial charge is 0.486 e. The molecule has 0 aliphatic carbocycles. The summed E-state index contributed by atoms with van der Waals surface area (Å²) in [5.41, 5.74) is 2.99. The van der Waals surface area contributed by atoms with Crippen LogP contribution >= 0.6 is 0 Å². The summed E-state index contributed by atoms with van der Waals surface area (Å²) in [6.45, 7) is 3.80. The lowest BCUT2D eigenvalue weighted by Crippen LogP contribution is -2.41. The molecule has 8 heteroatoms. The number of morpholine rings is 1. The van der Waals surface area contributed by atoms with E-state index in [1.165, 1.54) is 0 Å². The van der Waals surface area contributed by atoms with Crippen LogP contribution < -0.4 is 19.5 Å². The Morgan fingerprint density at radius 1 is 1.04 bits per heavy atom. The molecule has 1 aromatic carbocycles. The molecule has 1 N–H and O–H groups in total. The topological polar surface area (TPSA) is 87.6 Å². The van der Waals surface area contributed by atoms with E-state index in [2.05, 4.69) is 15.3 Å². The second-order valence-corrected chi connectivity index (χ2v) is 6.60. The summed E-state index contributed by atoms with van der Waals surface area (Å²) in [7, 11) is 0. The van der Waals surface area contributed by atoms with Crippen LogP contribution in [0.3, 0.4) is 0 Å². The number of ether oxygens (including phenoxy) is 4. The Balaban J connectivity index is 1.49. The summed E-state index contributed by atoms with van der Waals surface area (Å²) in [6, 6.07) is 7.68. The number of hydrogen-bond donors (Lipinski definition) is 1. The lowest BCUT2D eigenvalue weighted by atomic mass is 10.1. The first-order chi connectivity index (χ1) is 13.9. The van der Waals surface area contributed by atoms with Crippen molar-refractivity contribution in [3.8, 4) is 28.6 Å². The third-order valence-corrected chi connectivity index (χ3v) is 4.67. The number of nitrogens with zero attached hydrogens (tertiary/aromatic N) is 3. The van der Waals surface area contributed by atoms with Crippen molar-refractivity contribution in [2.24, 2.45) is 0 Å². The van der Waals surface area contributed by atoms with Crippen molar-refractivity contribution in [3.05, 3.63) is 36.7 Å². The highest BCUT2D eigenvalue weighted by Gasteiger charge is 2.18. The van der Waals surface area contributed by atoms with Gasteiger partial charge < -0.3 is 24.3 Å². The first-order valence-electron chi connectivity index (χ1n) is 9.34. The highest BCUT2D eigenvalue weighted by Crippen LogP contribution is 2.35. The molecule has 1 saturated heterocycles. The van der Waals surface area contributed by atoms with Crippen molar-refractivity contribution >= 4 is 11.0 Å². The predicted octanol–water partition coefficient (Wildman–Crippen LogP) is 1.83. The molecule has 8 nitrogen and oxygen atoms in total. The molecule has 5 rings (SSSR count). The van der Waals surface area contributed by atoms with Crippen molar-refractivity contribution in [3.63, 3.8) is 0 Å². The average molecular weight is 380 g/mol. The summed E-state index contributed by atoms with van der Waals surface area (Å²) in [4.78, 5) is 13.5. The van der Waals surface area contributed by atoms with Crippen LogP contribution in [0.2, 0.25) is 0 Å². The Hall–Kier alpha value is -2.97. The van der Waals surface area contributed by atoms with Gasteiger partial charge >= 0.3 is 0 Å². The molecule has 2 aliphatic rings. The first-order valence-corrected chi connectivity index (χ1v) is 9.34. The molecule has 0 saturated carbocycles. The number of pyridine rings is 1. The predicted molar refractivity (Wildman–Crippen MR) is 102 cm³/mol. The molecule has 0 spiro atoms. The highest BCUT2D eigenvalue weighted by atomic mass is 16.6. The van der Waals surface area contributed by atoms with E-state index >= 15 is 0 Å². The minimum absolute atomic E-state index is 0.0137. The van der Waals surface area contributed by atoms with E-state index in [0.29, 0.717) is 43.6 Å². The van der Waals surface area contributed by atoms with Crippen molar-refractivity contribution < 1.29 is 18.9 Å². The number of rotatable bonds is 4. The van der Waals surface area contributed by atoms with Crippen molar-refractivity contribution in [2.45, 2.75) is 6.10 Å². The average Bonchev–Trinajstić information content (AvgIpc) is 2.77. The van der Waals surface area contributed by atoms with E-state index in [9.17, 15) is 0 Å². The Morgan fingerprint density at radius 2 is 1.93 bits per heavy atom. The molecule has 4 heterocycles. The zero-order chi connectivity index (χ0) is 18.8. The van der Waals surface area contributed by atoms with E-state index in [1.54, 1.807) is 12.4 Å². The summed E-state index contributed by atoms with van der Waals surface area (Å²) in [5, 5.41) is 3.30. The lowest BCUT2D eigenvalue weighted by Gasteiger charge is -2.23. The second-order valence-electron chi connectivity index (χ2n) is 6.60. The van der Waals surface area contributed by atoms with Gasteiger partial charge in [0.1, 0.15) is 25.9 Å². The van der Waals surface area contributed by atoms with Crippen LogP contribution in [0.15, 0.2) is 36.7 Å². The molecule has 144 valence electrons. The van der Waals surface area contributed by atoms with Gasteiger partial charge in [0.2, 0.25) is 5.88 Å². The smallest absolute Gasteiger partial charge is 0.242 e. The molecule has 0 unspecified atom stereocenters. The summed E-state index contributed by atoms with van der Waals surface area (Å²) < 4.78 is 23.0. The molecule has 0 radical (unpaired) electrons. The summed E-state index contributed by atoms with van der Waals surface area (Å²) in [6.07, 6.45) is 3.29. The van der Waals surface area contributed by atoms with E-state index < -0.39 is 0 Å². The monoisotopic (exact) mass is 380 g/mol. The molecule has 1 atom stereocenters. The zero-order valence-electron chi connectivity index (χ0n) is 15.3. The van der Waals surface area contributed by atoms with Gasteiger partial charge in [-0.05, 0) is 24.3 Å².